The number of rotatable bonds is 5. The molecule has 0 saturated carbocycles. The Hall–Kier alpha value is -2.17. The maximum absolute atomic E-state index is 11.6. The second kappa shape index (κ2) is 7.60. The molecule has 0 saturated heterocycles. The molecule has 3 nitrogen and oxygen atoms in total. The van der Waals surface area contributed by atoms with Gasteiger partial charge in [0.15, 0.2) is 0 Å². The predicted octanol–water partition coefficient (Wildman–Crippen LogP) is 5.24. The molecular formula is C19H16ClNO2S. The van der Waals surface area contributed by atoms with Crippen LogP contribution in [0, 0.1) is 0 Å². The normalized spacial score (nSPS) is 10.6. The number of esters is 1. The van der Waals surface area contributed by atoms with E-state index in [9.17, 15) is 4.79 Å². The average Bonchev–Trinajstić information content (AvgIpc) is 3.04. The molecule has 0 fully saturated rings. The van der Waals surface area contributed by atoms with E-state index in [0.717, 1.165) is 27.4 Å². The van der Waals surface area contributed by atoms with Crippen LogP contribution in [0.15, 0.2) is 53.9 Å². The van der Waals surface area contributed by atoms with Gasteiger partial charge in [-0.15, -0.1) is 11.3 Å². The molecule has 0 aliphatic heterocycles. The lowest BCUT2D eigenvalue weighted by molar-refractivity contribution is -0.142. The summed E-state index contributed by atoms with van der Waals surface area (Å²) in [5.74, 6) is -0.254. The van der Waals surface area contributed by atoms with E-state index in [1.807, 2.05) is 53.9 Å². The smallest absolute Gasteiger partial charge is 0.311 e. The third kappa shape index (κ3) is 3.83. The molecule has 3 rings (SSSR count). The topological polar surface area (TPSA) is 39.2 Å². The van der Waals surface area contributed by atoms with E-state index in [-0.39, 0.29) is 12.4 Å². The van der Waals surface area contributed by atoms with Crippen LogP contribution < -0.4 is 0 Å². The summed E-state index contributed by atoms with van der Waals surface area (Å²) in [5.41, 5.74) is 3.74. The summed E-state index contributed by atoms with van der Waals surface area (Å²) < 4.78 is 4.96. The van der Waals surface area contributed by atoms with E-state index in [1.54, 1.807) is 6.92 Å². The van der Waals surface area contributed by atoms with E-state index < -0.39 is 0 Å². The maximum atomic E-state index is 11.6. The molecule has 0 atom stereocenters. The van der Waals surface area contributed by atoms with E-state index in [2.05, 4.69) is 4.98 Å². The Morgan fingerprint density at radius 1 is 1.17 bits per heavy atom. The fourth-order valence-corrected chi connectivity index (χ4v) is 3.42. The van der Waals surface area contributed by atoms with Crippen molar-refractivity contribution in [2.75, 3.05) is 6.61 Å². The fourth-order valence-electron chi connectivity index (χ4n) is 2.38. The van der Waals surface area contributed by atoms with Crippen LogP contribution in [0.5, 0.6) is 0 Å². The van der Waals surface area contributed by atoms with Crippen LogP contribution in [0.2, 0.25) is 5.02 Å². The number of benzene rings is 2. The van der Waals surface area contributed by atoms with Crippen molar-refractivity contribution in [2.45, 2.75) is 13.3 Å². The molecule has 0 N–H and O–H groups in total. The van der Waals surface area contributed by atoms with Gasteiger partial charge in [-0.05, 0) is 24.6 Å². The van der Waals surface area contributed by atoms with Crippen molar-refractivity contribution in [3.63, 3.8) is 0 Å². The number of hydrogen-bond donors (Lipinski definition) is 0. The number of hydrogen-bond acceptors (Lipinski definition) is 4. The Balaban J connectivity index is 1.88. The van der Waals surface area contributed by atoms with Gasteiger partial charge < -0.3 is 4.74 Å². The summed E-state index contributed by atoms with van der Waals surface area (Å²) >= 11 is 7.86. The number of halogens is 1. The molecular weight excluding hydrogens is 342 g/mol. The Morgan fingerprint density at radius 3 is 2.71 bits per heavy atom. The number of nitrogens with zero attached hydrogens (tertiary/aromatic N) is 1. The van der Waals surface area contributed by atoms with Crippen LogP contribution in [0.25, 0.3) is 21.7 Å². The van der Waals surface area contributed by atoms with Crippen molar-refractivity contribution < 1.29 is 9.53 Å². The second-order valence-corrected chi connectivity index (χ2v) is 6.45. The van der Waals surface area contributed by atoms with Gasteiger partial charge in [0.05, 0.1) is 18.7 Å². The Kier molecular flexibility index (Phi) is 5.28. The average molecular weight is 358 g/mol. The lowest BCUT2D eigenvalue weighted by atomic mass is 10.0. The molecule has 1 heterocycles. The number of ether oxygens (including phenoxy) is 1. The molecule has 2 aromatic carbocycles. The van der Waals surface area contributed by atoms with Gasteiger partial charge in [-0.1, -0.05) is 48.0 Å². The van der Waals surface area contributed by atoms with E-state index in [1.165, 1.54) is 11.3 Å². The monoisotopic (exact) mass is 357 g/mol. The minimum atomic E-state index is -0.254. The van der Waals surface area contributed by atoms with Gasteiger partial charge in [0, 0.05) is 21.5 Å². The zero-order valence-electron chi connectivity index (χ0n) is 13.2. The van der Waals surface area contributed by atoms with Crippen LogP contribution in [-0.4, -0.2) is 17.6 Å². The Morgan fingerprint density at radius 2 is 1.96 bits per heavy atom. The SMILES string of the molecule is CCOC(=O)Cc1csc(-c2ccc(Cl)c(-c3ccccc3)c2)n1. The lowest BCUT2D eigenvalue weighted by Crippen LogP contribution is -2.07. The van der Waals surface area contributed by atoms with Gasteiger partial charge in [-0.25, -0.2) is 4.98 Å². The zero-order chi connectivity index (χ0) is 16.9. The standard InChI is InChI=1S/C19H16ClNO2S/c1-2-23-18(22)11-15-12-24-19(21-15)14-8-9-17(20)16(10-14)13-6-4-3-5-7-13/h3-10,12H,2,11H2,1H3. The van der Waals surface area contributed by atoms with Gasteiger partial charge in [-0.3, -0.25) is 4.79 Å². The van der Waals surface area contributed by atoms with Gasteiger partial charge in [0.2, 0.25) is 0 Å². The molecule has 3 aromatic rings. The van der Waals surface area contributed by atoms with Crippen molar-refractivity contribution in [3.8, 4) is 21.7 Å². The van der Waals surface area contributed by atoms with Crippen molar-refractivity contribution >= 4 is 28.9 Å². The predicted molar refractivity (Wildman–Crippen MR) is 98.3 cm³/mol. The van der Waals surface area contributed by atoms with E-state index in [4.69, 9.17) is 16.3 Å². The zero-order valence-corrected chi connectivity index (χ0v) is 14.7. The third-order valence-corrected chi connectivity index (χ3v) is 4.75. The quantitative estimate of drug-likeness (QED) is 0.586. The molecule has 24 heavy (non-hydrogen) atoms. The third-order valence-electron chi connectivity index (χ3n) is 3.48. The molecule has 0 spiro atoms. The number of carbonyl (C=O) groups excluding carboxylic acids is 1. The number of thiazole rings is 1. The summed E-state index contributed by atoms with van der Waals surface area (Å²) in [6, 6.07) is 15.9. The van der Waals surface area contributed by atoms with Crippen molar-refractivity contribution in [2.24, 2.45) is 0 Å². The molecule has 0 aliphatic rings. The van der Waals surface area contributed by atoms with E-state index in [0.29, 0.717) is 11.6 Å². The highest BCUT2D eigenvalue weighted by Crippen LogP contribution is 2.33. The van der Waals surface area contributed by atoms with Crippen LogP contribution in [0.1, 0.15) is 12.6 Å². The first kappa shape index (κ1) is 16.7. The van der Waals surface area contributed by atoms with Gasteiger partial charge in [0.1, 0.15) is 5.01 Å². The highest BCUT2D eigenvalue weighted by Gasteiger charge is 2.11. The largest absolute Gasteiger partial charge is 0.466 e. The second-order valence-electron chi connectivity index (χ2n) is 5.19. The van der Waals surface area contributed by atoms with Crippen molar-refractivity contribution in [3.05, 3.63) is 64.6 Å². The summed E-state index contributed by atoms with van der Waals surface area (Å²) in [4.78, 5) is 16.1. The van der Waals surface area contributed by atoms with Crippen molar-refractivity contribution in [1.29, 1.82) is 0 Å². The van der Waals surface area contributed by atoms with Gasteiger partial charge in [-0.2, -0.15) is 0 Å². The van der Waals surface area contributed by atoms with Crippen LogP contribution in [0.3, 0.4) is 0 Å². The highest BCUT2D eigenvalue weighted by atomic mass is 35.5. The summed E-state index contributed by atoms with van der Waals surface area (Å²) in [5, 5.41) is 3.46. The van der Waals surface area contributed by atoms with Crippen LogP contribution in [-0.2, 0) is 16.0 Å². The van der Waals surface area contributed by atoms with Gasteiger partial charge in [0.25, 0.3) is 0 Å². The molecule has 0 bridgehead atoms. The van der Waals surface area contributed by atoms with Crippen LogP contribution in [0.4, 0.5) is 0 Å². The first-order valence-corrected chi connectivity index (χ1v) is 8.88. The first-order valence-electron chi connectivity index (χ1n) is 7.62. The lowest BCUT2D eigenvalue weighted by Gasteiger charge is -2.06. The molecule has 0 aliphatic carbocycles. The number of aromatic nitrogens is 1. The summed E-state index contributed by atoms with van der Waals surface area (Å²) in [7, 11) is 0. The summed E-state index contributed by atoms with van der Waals surface area (Å²) in [6.07, 6.45) is 0.198. The molecule has 1 aromatic heterocycles. The van der Waals surface area contributed by atoms with E-state index >= 15 is 0 Å². The Labute approximate surface area is 149 Å². The molecule has 0 radical (unpaired) electrons. The highest BCUT2D eigenvalue weighted by molar-refractivity contribution is 7.13. The molecule has 5 heteroatoms. The first-order chi connectivity index (χ1) is 11.7. The number of carbonyl (C=O) groups is 1. The minimum absolute atomic E-state index is 0.198. The van der Waals surface area contributed by atoms with Crippen molar-refractivity contribution in [1.82, 2.24) is 4.98 Å². The summed E-state index contributed by atoms with van der Waals surface area (Å²) in [6.45, 7) is 2.18. The minimum Gasteiger partial charge on any atom is -0.466 e. The fraction of sp³-hybridized carbons (Fsp3) is 0.158. The van der Waals surface area contributed by atoms with Crippen LogP contribution >= 0.6 is 22.9 Å². The molecule has 122 valence electrons. The maximum Gasteiger partial charge on any atom is 0.311 e. The van der Waals surface area contributed by atoms with Gasteiger partial charge >= 0.3 is 5.97 Å². The Bertz CT molecular complexity index is 846. The molecule has 0 amide bonds. The molecule has 0 unspecified atom stereocenters.